The third-order valence-electron chi connectivity index (χ3n) is 11.0. The Balaban J connectivity index is 1.06. The van der Waals surface area contributed by atoms with E-state index < -0.39 is 0 Å². The Labute approximate surface area is 330 Å². The van der Waals surface area contributed by atoms with E-state index in [9.17, 15) is 0 Å². The molecule has 0 aliphatic carbocycles. The van der Waals surface area contributed by atoms with E-state index in [1.165, 1.54) is 21.8 Å². The van der Waals surface area contributed by atoms with Crippen molar-refractivity contribution in [3.8, 4) is 28.1 Å². The lowest BCUT2D eigenvalue weighted by Gasteiger charge is -2.24. The van der Waals surface area contributed by atoms with Crippen LogP contribution in [0.15, 0.2) is 210 Å². The third kappa shape index (κ3) is 5.76. The first-order valence-electron chi connectivity index (χ1n) is 19.3. The van der Waals surface area contributed by atoms with Gasteiger partial charge in [0.1, 0.15) is 12.0 Å². The summed E-state index contributed by atoms with van der Waals surface area (Å²) < 4.78 is 2.35. The average molecular weight is 730 g/mol. The number of aliphatic imine (C=N–C) groups is 2. The zero-order valence-corrected chi connectivity index (χ0v) is 30.9. The van der Waals surface area contributed by atoms with Gasteiger partial charge in [0.05, 0.1) is 22.2 Å². The van der Waals surface area contributed by atoms with Crippen molar-refractivity contribution >= 4 is 55.2 Å². The molecule has 0 radical (unpaired) electrons. The van der Waals surface area contributed by atoms with Gasteiger partial charge in [-0.2, -0.15) is 0 Å². The lowest BCUT2D eigenvalue weighted by atomic mass is 9.93. The Kier molecular flexibility index (Phi) is 7.81. The van der Waals surface area contributed by atoms with Crippen LogP contribution in [0.4, 0.5) is 0 Å². The summed E-state index contributed by atoms with van der Waals surface area (Å²) in [5.41, 5.74) is 11.7. The number of pyridine rings is 1. The Morgan fingerprint density at radius 3 is 1.82 bits per heavy atom. The first-order chi connectivity index (χ1) is 28.2. The van der Waals surface area contributed by atoms with Crippen molar-refractivity contribution in [2.75, 3.05) is 0 Å². The number of amidine groups is 2. The molecule has 1 N–H and O–H groups in total. The molecule has 2 aromatic heterocycles. The maximum absolute atomic E-state index is 5.25. The fourth-order valence-electron chi connectivity index (χ4n) is 8.32. The molecule has 5 heteroatoms. The minimum Gasteiger partial charge on any atom is -0.344 e. The van der Waals surface area contributed by atoms with Crippen LogP contribution < -0.4 is 5.32 Å². The van der Waals surface area contributed by atoms with Crippen LogP contribution in [-0.2, 0) is 0 Å². The minimum absolute atomic E-state index is 0.376. The van der Waals surface area contributed by atoms with E-state index in [1.54, 1.807) is 0 Å². The summed E-state index contributed by atoms with van der Waals surface area (Å²) in [5, 5.41) is 9.60. The molecule has 0 amide bonds. The highest BCUT2D eigenvalue weighted by atomic mass is 15.2. The van der Waals surface area contributed by atoms with Gasteiger partial charge in [-0.3, -0.25) is 0 Å². The highest BCUT2D eigenvalue weighted by Gasteiger charge is 2.23. The van der Waals surface area contributed by atoms with Gasteiger partial charge in [0.15, 0.2) is 5.84 Å². The molecular weight excluding hydrogens is 695 g/mol. The summed E-state index contributed by atoms with van der Waals surface area (Å²) in [5.74, 6) is 1.46. The molecule has 268 valence electrons. The normalized spacial score (nSPS) is 14.1. The Bertz CT molecular complexity index is 3150. The van der Waals surface area contributed by atoms with Gasteiger partial charge in [0.2, 0.25) is 0 Å². The van der Waals surface area contributed by atoms with E-state index >= 15 is 0 Å². The monoisotopic (exact) mass is 729 g/mol. The van der Waals surface area contributed by atoms with Crippen molar-refractivity contribution in [2.45, 2.75) is 6.17 Å². The summed E-state index contributed by atoms with van der Waals surface area (Å²) in [6, 6.07) is 70.4. The second-order valence-corrected chi connectivity index (χ2v) is 14.5. The third-order valence-corrected chi connectivity index (χ3v) is 11.0. The molecule has 3 heterocycles. The van der Waals surface area contributed by atoms with E-state index in [0.29, 0.717) is 5.84 Å². The van der Waals surface area contributed by atoms with Crippen LogP contribution in [0.3, 0.4) is 0 Å². The number of rotatable bonds is 6. The molecule has 1 atom stereocenters. The van der Waals surface area contributed by atoms with Crippen LogP contribution in [-0.4, -0.2) is 21.2 Å². The van der Waals surface area contributed by atoms with Gasteiger partial charge in [-0.05, 0) is 69.9 Å². The van der Waals surface area contributed by atoms with Crippen LogP contribution in [0.5, 0.6) is 0 Å². The van der Waals surface area contributed by atoms with Crippen LogP contribution in [0.1, 0.15) is 22.9 Å². The molecule has 11 rings (SSSR count). The van der Waals surface area contributed by atoms with Crippen molar-refractivity contribution in [1.29, 1.82) is 0 Å². The lowest BCUT2D eigenvalue weighted by Crippen LogP contribution is -2.33. The maximum atomic E-state index is 5.25. The Morgan fingerprint density at radius 2 is 1.11 bits per heavy atom. The molecule has 1 aliphatic heterocycles. The van der Waals surface area contributed by atoms with Crippen LogP contribution in [0.2, 0.25) is 0 Å². The molecule has 0 bridgehead atoms. The zero-order chi connectivity index (χ0) is 37.7. The number of nitrogens with zero attached hydrogens (tertiary/aromatic N) is 4. The Morgan fingerprint density at radius 1 is 0.474 bits per heavy atom. The second-order valence-electron chi connectivity index (χ2n) is 14.5. The predicted molar refractivity (Wildman–Crippen MR) is 236 cm³/mol. The topological polar surface area (TPSA) is 54.6 Å². The van der Waals surface area contributed by atoms with Gasteiger partial charge >= 0.3 is 0 Å². The summed E-state index contributed by atoms with van der Waals surface area (Å²) >= 11 is 0. The fraction of sp³-hybridized carbons (Fsp3) is 0.0192. The smallest absolute Gasteiger partial charge is 0.159 e. The van der Waals surface area contributed by atoms with E-state index in [-0.39, 0.29) is 6.17 Å². The second kappa shape index (κ2) is 13.6. The highest BCUT2D eigenvalue weighted by Crippen LogP contribution is 2.38. The number of benzene rings is 8. The van der Waals surface area contributed by atoms with E-state index in [0.717, 1.165) is 72.3 Å². The van der Waals surface area contributed by atoms with Gasteiger partial charge in [0.25, 0.3) is 0 Å². The molecule has 0 saturated heterocycles. The van der Waals surface area contributed by atoms with Crippen molar-refractivity contribution in [3.63, 3.8) is 0 Å². The van der Waals surface area contributed by atoms with Gasteiger partial charge in [-0.15, -0.1) is 0 Å². The van der Waals surface area contributed by atoms with Crippen molar-refractivity contribution in [1.82, 2.24) is 14.9 Å². The molecule has 5 nitrogen and oxygen atoms in total. The summed E-state index contributed by atoms with van der Waals surface area (Å²) in [6.45, 7) is 0. The summed E-state index contributed by atoms with van der Waals surface area (Å²) in [4.78, 5) is 15.7. The molecule has 57 heavy (non-hydrogen) atoms. The molecule has 1 aliphatic rings. The SMILES string of the molecule is c1ccc(C2=NC(c3cccc(-n4c5ccccc5c5ccccc54)c3)NC(c3ccc4ccc5nc(-c6ccccc6)cc(-c6ccccc6)c5c4c3)=N2)cc1. The van der Waals surface area contributed by atoms with Gasteiger partial charge < -0.3 is 9.88 Å². The lowest BCUT2D eigenvalue weighted by molar-refractivity contribution is 0.674. The van der Waals surface area contributed by atoms with E-state index in [2.05, 4.69) is 186 Å². The molecule has 0 fully saturated rings. The molecule has 0 spiro atoms. The molecule has 0 saturated carbocycles. The quantitative estimate of drug-likeness (QED) is 0.173. The largest absolute Gasteiger partial charge is 0.344 e. The van der Waals surface area contributed by atoms with Crippen molar-refractivity contribution in [3.05, 3.63) is 217 Å². The molecule has 10 aromatic rings. The number of nitrogens with one attached hydrogen (secondary N) is 1. The van der Waals surface area contributed by atoms with Crippen LogP contribution in [0, 0.1) is 0 Å². The molecular formula is C52H35N5. The van der Waals surface area contributed by atoms with Crippen molar-refractivity contribution < 1.29 is 0 Å². The number of hydrogen-bond acceptors (Lipinski definition) is 4. The number of para-hydroxylation sites is 2. The molecule has 8 aromatic carbocycles. The van der Waals surface area contributed by atoms with Gasteiger partial charge in [0, 0.05) is 38.5 Å². The summed E-state index contributed by atoms with van der Waals surface area (Å²) in [7, 11) is 0. The van der Waals surface area contributed by atoms with Crippen molar-refractivity contribution in [2.24, 2.45) is 9.98 Å². The number of hydrogen-bond donors (Lipinski definition) is 1. The van der Waals surface area contributed by atoms with Crippen LogP contribution >= 0.6 is 0 Å². The standard InChI is InChI=1S/C52H35N5/c1-4-15-34(16-5-1)44-33-46(36-17-6-2-7-18-36)53-45-30-29-35-27-28-39(32-43(35)49(44)45)52-55-50(37-19-8-3-9-20-37)54-51(56-52)38-21-14-22-40(31-38)57-47-25-12-10-23-41(47)42-24-11-13-26-48(42)57/h1-33,51H,(H,54,55,56). The average Bonchev–Trinajstić information content (AvgIpc) is 3.63. The molecule has 1 unspecified atom stereocenters. The summed E-state index contributed by atoms with van der Waals surface area (Å²) in [6.07, 6.45) is -0.376. The first kappa shape index (κ1) is 32.8. The van der Waals surface area contributed by atoms with Gasteiger partial charge in [-0.25, -0.2) is 15.0 Å². The number of aromatic nitrogens is 2. The first-order valence-corrected chi connectivity index (χ1v) is 19.3. The van der Waals surface area contributed by atoms with Gasteiger partial charge in [-0.1, -0.05) is 158 Å². The van der Waals surface area contributed by atoms with Crippen LogP contribution in [0.25, 0.3) is 71.6 Å². The van der Waals surface area contributed by atoms with E-state index in [1.807, 2.05) is 24.3 Å². The van der Waals surface area contributed by atoms with E-state index in [4.69, 9.17) is 15.0 Å². The minimum atomic E-state index is -0.376. The highest BCUT2D eigenvalue weighted by molar-refractivity contribution is 6.18. The maximum Gasteiger partial charge on any atom is 0.159 e. The Hall–Kier alpha value is -7.63. The zero-order valence-electron chi connectivity index (χ0n) is 30.9. The number of fused-ring (bicyclic) bond motifs is 6. The fourth-order valence-corrected chi connectivity index (χ4v) is 8.32. The predicted octanol–water partition coefficient (Wildman–Crippen LogP) is 12.3.